The van der Waals surface area contributed by atoms with Gasteiger partial charge in [-0.05, 0) is 46.6 Å². The number of hydrogen-bond donors (Lipinski definition) is 1. The number of ketones is 1. The van der Waals surface area contributed by atoms with Crippen LogP contribution in [0.15, 0.2) is 59.8 Å². The van der Waals surface area contributed by atoms with Gasteiger partial charge >= 0.3 is 0 Å². The van der Waals surface area contributed by atoms with Crippen LogP contribution in [0.4, 0.5) is 0 Å². The third kappa shape index (κ3) is 5.20. The van der Waals surface area contributed by atoms with E-state index in [1.54, 1.807) is 0 Å². The van der Waals surface area contributed by atoms with Gasteiger partial charge in [0.1, 0.15) is 0 Å². The number of rotatable bonds is 8. The largest absolute Gasteiger partial charge is 0.376 e. The number of aryl methyl sites for hydroxylation is 3. The van der Waals surface area contributed by atoms with Gasteiger partial charge in [-0.25, -0.2) is 4.98 Å². The predicted molar refractivity (Wildman–Crippen MR) is 147 cm³/mol. The first kappa shape index (κ1) is 24.6. The first-order chi connectivity index (χ1) is 17.4. The molecule has 36 heavy (non-hydrogen) atoms. The van der Waals surface area contributed by atoms with E-state index < -0.39 is 0 Å². The van der Waals surface area contributed by atoms with Crippen molar-refractivity contribution in [1.29, 1.82) is 0 Å². The van der Waals surface area contributed by atoms with Crippen molar-refractivity contribution in [3.8, 4) is 22.5 Å². The quantitative estimate of drug-likeness (QED) is 0.211. The molecule has 3 heterocycles. The van der Waals surface area contributed by atoms with Crippen molar-refractivity contribution >= 4 is 17.5 Å². The molecule has 0 aliphatic carbocycles. The number of ether oxygens (including phenoxy) is 1. The molecule has 4 aromatic rings. The number of H-pyrrole nitrogens is 1. The molecule has 1 fully saturated rings. The molecule has 0 spiro atoms. The lowest BCUT2D eigenvalue weighted by Gasteiger charge is -2.14. The van der Waals surface area contributed by atoms with Gasteiger partial charge in [-0.3, -0.25) is 4.79 Å². The Hall–Kier alpha value is -3.09. The highest BCUT2D eigenvalue weighted by Gasteiger charge is 2.22. The molecule has 0 unspecified atom stereocenters. The van der Waals surface area contributed by atoms with Crippen LogP contribution in [0.3, 0.4) is 0 Å². The molecule has 2 aromatic carbocycles. The van der Waals surface area contributed by atoms with Crippen LogP contribution >= 0.6 is 11.8 Å². The van der Waals surface area contributed by atoms with Crippen LogP contribution in [-0.4, -0.2) is 38.8 Å². The number of nitrogens with zero attached hydrogens (tertiary/aromatic N) is 2. The average Bonchev–Trinajstić information content (AvgIpc) is 3.60. The maximum absolute atomic E-state index is 13.2. The van der Waals surface area contributed by atoms with Crippen LogP contribution in [0.25, 0.3) is 22.5 Å². The lowest BCUT2D eigenvalue weighted by Crippen LogP contribution is -2.17. The number of Topliss-reactive ketones (excluding diaryl/α,β-unsaturated/α-hetero) is 1. The van der Waals surface area contributed by atoms with E-state index in [2.05, 4.69) is 78.9 Å². The van der Waals surface area contributed by atoms with Gasteiger partial charge < -0.3 is 14.3 Å². The molecule has 186 valence electrons. The fourth-order valence-electron chi connectivity index (χ4n) is 4.84. The van der Waals surface area contributed by atoms with Gasteiger partial charge in [0.25, 0.3) is 0 Å². The topological polar surface area (TPSA) is 59.9 Å². The maximum Gasteiger partial charge on any atom is 0.175 e. The summed E-state index contributed by atoms with van der Waals surface area (Å²) in [5.74, 6) is 0.454. The molecule has 5 nitrogen and oxygen atoms in total. The van der Waals surface area contributed by atoms with Crippen molar-refractivity contribution in [2.24, 2.45) is 0 Å². The molecule has 0 amide bonds. The zero-order valence-corrected chi connectivity index (χ0v) is 22.2. The predicted octanol–water partition coefficient (Wildman–Crippen LogP) is 6.93. The number of thioether (sulfide) groups is 1. The minimum atomic E-state index is 0.122. The molecule has 1 saturated heterocycles. The van der Waals surface area contributed by atoms with E-state index in [4.69, 9.17) is 9.72 Å². The first-order valence-corrected chi connectivity index (χ1v) is 13.6. The summed E-state index contributed by atoms with van der Waals surface area (Å²) in [6.45, 7) is 9.93. The van der Waals surface area contributed by atoms with Gasteiger partial charge in [0.05, 0.1) is 23.2 Å². The van der Waals surface area contributed by atoms with Crippen molar-refractivity contribution in [3.63, 3.8) is 0 Å². The second kappa shape index (κ2) is 10.5. The van der Waals surface area contributed by atoms with Crippen LogP contribution < -0.4 is 0 Å². The smallest absolute Gasteiger partial charge is 0.175 e. The number of aromatic amines is 1. The molecule has 1 atom stereocenters. The Morgan fingerprint density at radius 3 is 2.33 bits per heavy atom. The second-order valence-electron chi connectivity index (χ2n) is 9.74. The third-order valence-electron chi connectivity index (χ3n) is 6.97. The Morgan fingerprint density at radius 2 is 1.69 bits per heavy atom. The number of hydrogen-bond acceptors (Lipinski definition) is 4. The van der Waals surface area contributed by atoms with E-state index >= 15 is 0 Å². The Kier molecular flexibility index (Phi) is 7.17. The Morgan fingerprint density at radius 1 is 1.03 bits per heavy atom. The number of nitrogens with one attached hydrogen (secondary N) is 1. The molecular formula is C30H33N3O2S. The van der Waals surface area contributed by atoms with Crippen molar-refractivity contribution in [2.75, 3.05) is 12.4 Å². The summed E-state index contributed by atoms with van der Waals surface area (Å²) in [6.07, 6.45) is 2.45. The molecule has 0 bridgehead atoms. The molecule has 0 radical (unpaired) electrons. The van der Waals surface area contributed by atoms with E-state index in [1.807, 2.05) is 13.0 Å². The number of imidazole rings is 1. The molecular weight excluding hydrogens is 466 g/mol. The molecule has 1 aliphatic rings. The van der Waals surface area contributed by atoms with Gasteiger partial charge in [0.2, 0.25) is 0 Å². The minimum Gasteiger partial charge on any atom is -0.376 e. The highest BCUT2D eigenvalue weighted by molar-refractivity contribution is 7.99. The summed E-state index contributed by atoms with van der Waals surface area (Å²) in [5, 5.41) is 0.752. The molecule has 0 saturated carbocycles. The van der Waals surface area contributed by atoms with Gasteiger partial charge in [-0.2, -0.15) is 0 Å². The first-order valence-electron chi connectivity index (χ1n) is 12.6. The van der Waals surface area contributed by atoms with Crippen LogP contribution in [0.5, 0.6) is 0 Å². The molecule has 2 aromatic heterocycles. The molecule has 6 heteroatoms. The van der Waals surface area contributed by atoms with E-state index in [-0.39, 0.29) is 11.9 Å². The van der Waals surface area contributed by atoms with E-state index in [0.29, 0.717) is 5.75 Å². The average molecular weight is 500 g/mol. The normalized spacial score (nSPS) is 15.5. The zero-order chi connectivity index (χ0) is 25.2. The van der Waals surface area contributed by atoms with Crippen LogP contribution in [0.1, 0.15) is 45.7 Å². The monoisotopic (exact) mass is 499 g/mol. The Balaban J connectivity index is 1.37. The second-order valence-corrected chi connectivity index (χ2v) is 10.7. The van der Waals surface area contributed by atoms with E-state index in [0.717, 1.165) is 70.6 Å². The number of carbonyl (C=O) groups is 1. The summed E-state index contributed by atoms with van der Waals surface area (Å²) < 4.78 is 8.05. The third-order valence-corrected chi connectivity index (χ3v) is 7.84. The lowest BCUT2D eigenvalue weighted by atomic mass is 10.0. The summed E-state index contributed by atoms with van der Waals surface area (Å²) in [5.41, 5.74) is 9.37. The Bertz CT molecular complexity index is 1300. The minimum absolute atomic E-state index is 0.122. The molecule has 1 aliphatic heterocycles. The summed E-state index contributed by atoms with van der Waals surface area (Å²) in [7, 11) is 0. The van der Waals surface area contributed by atoms with E-state index in [1.165, 1.54) is 22.9 Å². The van der Waals surface area contributed by atoms with Gasteiger partial charge in [0.15, 0.2) is 10.9 Å². The van der Waals surface area contributed by atoms with Crippen LogP contribution in [0, 0.1) is 27.7 Å². The highest BCUT2D eigenvalue weighted by Crippen LogP contribution is 2.33. The summed E-state index contributed by atoms with van der Waals surface area (Å²) in [4.78, 5) is 21.7. The summed E-state index contributed by atoms with van der Waals surface area (Å²) >= 11 is 1.46. The lowest BCUT2D eigenvalue weighted by molar-refractivity contribution is 0.0957. The number of aromatic nitrogens is 3. The summed E-state index contributed by atoms with van der Waals surface area (Å²) in [6, 6.07) is 18.9. The zero-order valence-electron chi connectivity index (χ0n) is 21.4. The van der Waals surface area contributed by atoms with Crippen LogP contribution in [0.2, 0.25) is 0 Å². The Labute approximate surface area is 217 Å². The van der Waals surface area contributed by atoms with Gasteiger partial charge in [-0.1, -0.05) is 71.4 Å². The standard InChI is InChI=1S/C30H33N3O2S/c1-19-7-11-23(12-8-19)28-29(24-13-9-20(2)10-14-24)32-30(31-28)36-18-27(34)26-16-21(3)33(22(26)4)17-25-6-5-15-35-25/h7-14,16,25H,5-6,15,17-18H2,1-4H3,(H,31,32)/t25-/m0/s1. The van der Waals surface area contributed by atoms with Crippen molar-refractivity contribution in [1.82, 2.24) is 14.5 Å². The van der Waals surface area contributed by atoms with Crippen LogP contribution in [-0.2, 0) is 11.3 Å². The van der Waals surface area contributed by atoms with Gasteiger partial charge in [0, 0.05) is 41.2 Å². The van der Waals surface area contributed by atoms with Gasteiger partial charge in [-0.15, -0.1) is 0 Å². The van der Waals surface area contributed by atoms with E-state index in [9.17, 15) is 4.79 Å². The maximum atomic E-state index is 13.2. The molecule has 5 rings (SSSR count). The number of carbonyl (C=O) groups excluding carboxylic acids is 1. The fraction of sp³-hybridized carbons (Fsp3) is 0.333. The number of benzene rings is 2. The SMILES string of the molecule is Cc1ccc(-c2nc(SCC(=O)c3cc(C)n(C[C@@H]4CCCO4)c3C)[nH]c2-c2ccc(C)cc2)cc1. The van der Waals surface area contributed by atoms with Crippen molar-refractivity contribution < 1.29 is 9.53 Å². The highest BCUT2D eigenvalue weighted by atomic mass is 32.2. The van der Waals surface area contributed by atoms with Crippen molar-refractivity contribution in [2.45, 2.75) is 58.3 Å². The fourth-order valence-corrected chi connectivity index (χ4v) is 5.59. The van der Waals surface area contributed by atoms with Crippen molar-refractivity contribution in [3.05, 3.63) is 82.7 Å². The molecule has 1 N–H and O–H groups in total.